The zero-order valence-corrected chi connectivity index (χ0v) is 18.2. The molecule has 1 heterocycles. The first-order chi connectivity index (χ1) is 15.7. The highest BCUT2D eigenvalue weighted by Crippen LogP contribution is 2.39. The van der Waals surface area contributed by atoms with Gasteiger partial charge in [0.15, 0.2) is 0 Å². The number of hydrogen-bond donors (Lipinski definition) is 1. The third-order valence-electron chi connectivity index (χ3n) is 5.07. The molecular formula is C24H19F4N3OS. The highest BCUT2D eigenvalue weighted by atomic mass is 32.2. The van der Waals surface area contributed by atoms with E-state index in [1.807, 2.05) is 36.4 Å². The van der Waals surface area contributed by atoms with Gasteiger partial charge in [0.2, 0.25) is 0 Å². The van der Waals surface area contributed by atoms with Gasteiger partial charge in [-0.15, -0.1) is 11.8 Å². The number of halogens is 4. The van der Waals surface area contributed by atoms with E-state index in [9.17, 15) is 22.4 Å². The molecule has 1 amide bonds. The van der Waals surface area contributed by atoms with Crippen LogP contribution in [-0.2, 0) is 4.79 Å². The van der Waals surface area contributed by atoms with E-state index in [2.05, 4.69) is 10.4 Å². The van der Waals surface area contributed by atoms with Gasteiger partial charge in [0.25, 0.3) is 0 Å². The first kappa shape index (κ1) is 22.8. The molecule has 0 aliphatic rings. The third-order valence-corrected chi connectivity index (χ3v) is 6.53. The Kier molecular flexibility index (Phi) is 6.42. The number of nitrogens with zero attached hydrogens (tertiary/aromatic N) is 2. The van der Waals surface area contributed by atoms with Crippen molar-refractivity contribution in [3.8, 4) is 5.69 Å². The highest BCUT2D eigenvalue weighted by molar-refractivity contribution is 7.99. The van der Waals surface area contributed by atoms with Crippen molar-refractivity contribution in [1.82, 2.24) is 15.1 Å². The normalized spacial score (nSPS) is 13.6. The van der Waals surface area contributed by atoms with E-state index >= 15 is 0 Å². The van der Waals surface area contributed by atoms with Crippen LogP contribution < -0.4 is 5.32 Å². The number of nitrogens with one attached hydrogen (secondary N) is 1. The molecule has 4 nitrogen and oxygen atoms in total. The number of fused-ring (bicyclic) bond motifs is 1. The van der Waals surface area contributed by atoms with Crippen LogP contribution in [0.15, 0.2) is 83.9 Å². The molecule has 2 unspecified atom stereocenters. The van der Waals surface area contributed by atoms with E-state index in [-0.39, 0.29) is 5.82 Å². The number of thioether (sulfide) groups is 1. The van der Waals surface area contributed by atoms with Gasteiger partial charge in [-0.25, -0.2) is 9.07 Å². The van der Waals surface area contributed by atoms with Gasteiger partial charge >= 0.3 is 12.1 Å². The minimum Gasteiger partial charge on any atom is -0.344 e. The minimum absolute atomic E-state index is 0.340. The Balaban J connectivity index is 1.62. The number of benzene rings is 3. The first-order valence-corrected chi connectivity index (χ1v) is 10.9. The van der Waals surface area contributed by atoms with Crippen LogP contribution in [0.3, 0.4) is 0 Å². The van der Waals surface area contributed by atoms with E-state index in [1.54, 1.807) is 42.1 Å². The first-order valence-electron chi connectivity index (χ1n) is 10.1. The summed E-state index contributed by atoms with van der Waals surface area (Å²) in [7, 11) is 0. The summed E-state index contributed by atoms with van der Waals surface area (Å²) in [5.74, 6) is -2.31. The monoisotopic (exact) mass is 473 g/mol. The fraction of sp³-hybridized carbons (Fsp3) is 0.167. The van der Waals surface area contributed by atoms with Crippen LogP contribution in [0.25, 0.3) is 16.6 Å². The summed E-state index contributed by atoms with van der Waals surface area (Å²) in [6.45, 7) is 1.55. The molecule has 4 aromatic rings. The van der Waals surface area contributed by atoms with Crippen molar-refractivity contribution in [2.45, 2.75) is 29.3 Å². The van der Waals surface area contributed by atoms with E-state index in [0.717, 1.165) is 21.4 Å². The van der Waals surface area contributed by atoms with Crippen molar-refractivity contribution >= 4 is 28.6 Å². The number of rotatable bonds is 6. The van der Waals surface area contributed by atoms with Crippen LogP contribution in [0.4, 0.5) is 17.6 Å². The van der Waals surface area contributed by atoms with Crippen molar-refractivity contribution in [2.24, 2.45) is 0 Å². The number of alkyl halides is 3. The molecule has 170 valence electrons. The molecule has 0 spiro atoms. The fourth-order valence-electron chi connectivity index (χ4n) is 3.48. The smallest absolute Gasteiger partial charge is 0.344 e. The molecule has 0 aliphatic heterocycles. The second kappa shape index (κ2) is 9.27. The second-order valence-electron chi connectivity index (χ2n) is 7.46. The minimum atomic E-state index is -4.95. The Bertz CT molecular complexity index is 1260. The number of amides is 1. The zero-order valence-electron chi connectivity index (χ0n) is 17.4. The van der Waals surface area contributed by atoms with Gasteiger partial charge in [-0.05, 0) is 55.0 Å². The predicted molar refractivity (Wildman–Crippen MR) is 120 cm³/mol. The molecule has 0 saturated heterocycles. The van der Waals surface area contributed by atoms with Crippen LogP contribution >= 0.6 is 11.8 Å². The average molecular weight is 473 g/mol. The molecule has 0 radical (unpaired) electrons. The number of hydrogen-bond acceptors (Lipinski definition) is 3. The average Bonchev–Trinajstić information content (AvgIpc) is 3.21. The fourth-order valence-corrected chi connectivity index (χ4v) is 4.69. The summed E-state index contributed by atoms with van der Waals surface area (Å²) in [6, 6.07) is 19.8. The second-order valence-corrected chi connectivity index (χ2v) is 8.68. The van der Waals surface area contributed by atoms with Crippen LogP contribution in [-0.4, -0.2) is 27.9 Å². The Morgan fingerprint density at radius 2 is 1.73 bits per heavy atom. The van der Waals surface area contributed by atoms with Gasteiger partial charge in [0.1, 0.15) is 5.82 Å². The van der Waals surface area contributed by atoms with Crippen LogP contribution in [0.2, 0.25) is 0 Å². The molecule has 0 saturated carbocycles. The zero-order chi connectivity index (χ0) is 23.6. The van der Waals surface area contributed by atoms with Crippen molar-refractivity contribution in [3.63, 3.8) is 0 Å². The molecule has 1 N–H and O–H groups in total. The lowest BCUT2D eigenvalue weighted by Crippen LogP contribution is -2.43. The Morgan fingerprint density at radius 3 is 2.39 bits per heavy atom. The quantitative estimate of drug-likeness (QED) is 0.273. The molecule has 0 bridgehead atoms. The summed E-state index contributed by atoms with van der Waals surface area (Å²) in [6.07, 6.45) is -3.27. The van der Waals surface area contributed by atoms with Crippen LogP contribution in [0, 0.1) is 5.82 Å². The van der Waals surface area contributed by atoms with Gasteiger partial charge in [0.05, 0.1) is 22.7 Å². The predicted octanol–water partition coefficient (Wildman–Crippen LogP) is 6.07. The summed E-state index contributed by atoms with van der Waals surface area (Å²) < 4.78 is 53.3. The van der Waals surface area contributed by atoms with E-state index in [4.69, 9.17) is 0 Å². The molecule has 9 heteroatoms. The number of carbonyl (C=O) groups is 1. The summed E-state index contributed by atoms with van der Waals surface area (Å²) in [5.41, 5.74) is 2.30. The number of aromatic nitrogens is 2. The lowest BCUT2D eigenvalue weighted by molar-refractivity contribution is -0.174. The standard InChI is InChI=1S/C24H19F4N3OS/c1-15(30-23(32)24(26,27)28)22(16-5-3-2-4-6-16)33-20-11-12-21-17(13-20)14-29-31(21)19-9-7-18(25)8-10-19/h2-15,22H,1H3,(H,30,32). The van der Waals surface area contributed by atoms with E-state index in [1.165, 1.54) is 23.9 Å². The SMILES string of the molecule is CC(NC(=O)C(F)(F)F)C(Sc1ccc2c(cnn2-c2ccc(F)cc2)c1)c1ccccc1. The molecule has 2 atom stereocenters. The summed E-state index contributed by atoms with van der Waals surface area (Å²) >= 11 is 1.36. The summed E-state index contributed by atoms with van der Waals surface area (Å²) in [4.78, 5) is 12.3. The Morgan fingerprint density at radius 1 is 1.03 bits per heavy atom. The van der Waals surface area contributed by atoms with Crippen LogP contribution in [0.1, 0.15) is 17.7 Å². The van der Waals surface area contributed by atoms with Crippen molar-refractivity contribution in [2.75, 3.05) is 0 Å². The molecule has 1 aromatic heterocycles. The molecule has 0 fully saturated rings. The molecule has 33 heavy (non-hydrogen) atoms. The molecule has 4 rings (SSSR count). The van der Waals surface area contributed by atoms with Gasteiger partial charge in [-0.3, -0.25) is 4.79 Å². The van der Waals surface area contributed by atoms with Crippen molar-refractivity contribution in [1.29, 1.82) is 0 Å². The third kappa shape index (κ3) is 5.19. The lowest BCUT2D eigenvalue weighted by atomic mass is 10.1. The number of carbonyl (C=O) groups excluding carboxylic acids is 1. The van der Waals surface area contributed by atoms with Crippen molar-refractivity contribution < 1.29 is 22.4 Å². The Labute approximate surface area is 191 Å². The maximum absolute atomic E-state index is 13.2. The van der Waals surface area contributed by atoms with Gasteiger partial charge in [-0.1, -0.05) is 30.3 Å². The van der Waals surface area contributed by atoms with Crippen LogP contribution in [0.5, 0.6) is 0 Å². The van der Waals surface area contributed by atoms with E-state index < -0.39 is 23.4 Å². The molecule has 3 aromatic carbocycles. The topological polar surface area (TPSA) is 46.9 Å². The maximum Gasteiger partial charge on any atom is 0.471 e. The van der Waals surface area contributed by atoms with Crippen molar-refractivity contribution in [3.05, 3.63) is 90.4 Å². The van der Waals surface area contributed by atoms with Gasteiger partial charge in [-0.2, -0.15) is 18.3 Å². The molecular weight excluding hydrogens is 454 g/mol. The summed E-state index contributed by atoms with van der Waals surface area (Å²) in [5, 5.41) is 6.82. The van der Waals surface area contributed by atoms with E-state index in [0.29, 0.717) is 5.69 Å². The lowest BCUT2D eigenvalue weighted by Gasteiger charge is -2.25. The largest absolute Gasteiger partial charge is 0.471 e. The van der Waals surface area contributed by atoms with Gasteiger partial charge < -0.3 is 5.32 Å². The molecule has 0 aliphatic carbocycles. The highest BCUT2D eigenvalue weighted by Gasteiger charge is 2.40. The maximum atomic E-state index is 13.2. The Hall–Kier alpha value is -3.33. The van der Waals surface area contributed by atoms with Gasteiger partial charge in [0, 0.05) is 16.3 Å².